The SMILES string of the molecule is O=S(=O)(O)c1c(Cl)ccc2cc3ccccc3cc12.[KH]. The van der Waals surface area contributed by atoms with E-state index in [1.807, 2.05) is 30.3 Å². The van der Waals surface area contributed by atoms with Crippen molar-refractivity contribution < 1.29 is 13.0 Å². The number of hydrogen-bond acceptors (Lipinski definition) is 2. The molecule has 0 bridgehead atoms. The first-order valence-corrected chi connectivity index (χ1v) is 7.37. The van der Waals surface area contributed by atoms with Crippen molar-refractivity contribution in [2.45, 2.75) is 4.90 Å². The predicted molar refractivity (Wildman–Crippen MR) is 83.4 cm³/mol. The van der Waals surface area contributed by atoms with Gasteiger partial charge in [-0.05, 0) is 34.4 Å². The van der Waals surface area contributed by atoms with Crippen molar-refractivity contribution in [3.05, 3.63) is 53.6 Å². The molecule has 0 amide bonds. The molecule has 98 valence electrons. The van der Waals surface area contributed by atoms with Crippen LogP contribution in [0.5, 0.6) is 0 Å². The van der Waals surface area contributed by atoms with Gasteiger partial charge in [0.1, 0.15) is 4.90 Å². The predicted octanol–water partition coefficient (Wildman–Crippen LogP) is 3.24. The molecule has 0 radical (unpaired) electrons. The van der Waals surface area contributed by atoms with E-state index in [0.29, 0.717) is 5.39 Å². The van der Waals surface area contributed by atoms with Crippen molar-refractivity contribution >= 4 is 94.6 Å². The fourth-order valence-corrected chi connectivity index (χ4v) is 3.45. The van der Waals surface area contributed by atoms with Gasteiger partial charge >= 0.3 is 51.4 Å². The van der Waals surface area contributed by atoms with Crippen LogP contribution in [0.1, 0.15) is 0 Å². The molecule has 0 spiro atoms. The molecule has 0 aliphatic rings. The van der Waals surface area contributed by atoms with Gasteiger partial charge < -0.3 is 0 Å². The van der Waals surface area contributed by atoms with E-state index in [0.717, 1.165) is 16.2 Å². The first-order chi connectivity index (χ1) is 8.97. The zero-order chi connectivity index (χ0) is 13.6. The third-order valence-electron chi connectivity index (χ3n) is 3.05. The summed E-state index contributed by atoms with van der Waals surface area (Å²) in [4.78, 5) is -0.239. The minimum absolute atomic E-state index is 0. The van der Waals surface area contributed by atoms with Crippen LogP contribution in [0.15, 0.2) is 53.4 Å². The van der Waals surface area contributed by atoms with Crippen molar-refractivity contribution in [1.82, 2.24) is 0 Å². The van der Waals surface area contributed by atoms with Crippen LogP contribution < -0.4 is 0 Å². The third-order valence-corrected chi connectivity index (χ3v) is 4.43. The molecule has 0 aliphatic heterocycles. The Labute approximate surface area is 164 Å². The van der Waals surface area contributed by atoms with E-state index in [4.69, 9.17) is 11.6 Å². The van der Waals surface area contributed by atoms with Crippen molar-refractivity contribution in [3.8, 4) is 0 Å². The molecule has 3 nitrogen and oxygen atoms in total. The summed E-state index contributed by atoms with van der Waals surface area (Å²) in [6, 6.07) is 14.4. The molecule has 6 heteroatoms. The first kappa shape index (κ1) is 16.4. The van der Waals surface area contributed by atoms with E-state index in [-0.39, 0.29) is 61.3 Å². The molecule has 0 saturated heterocycles. The van der Waals surface area contributed by atoms with Gasteiger partial charge in [0.15, 0.2) is 0 Å². The van der Waals surface area contributed by atoms with Crippen LogP contribution in [0.2, 0.25) is 5.02 Å². The van der Waals surface area contributed by atoms with E-state index in [2.05, 4.69) is 0 Å². The first-order valence-electron chi connectivity index (χ1n) is 5.55. The number of halogens is 1. The topological polar surface area (TPSA) is 54.4 Å². The Kier molecular flexibility index (Phi) is 4.93. The van der Waals surface area contributed by atoms with Crippen molar-refractivity contribution in [2.24, 2.45) is 0 Å². The van der Waals surface area contributed by atoms with Gasteiger partial charge in [-0.3, -0.25) is 4.55 Å². The number of benzene rings is 3. The van der Waals surface area contributed by atoms with Gasteiger partial charge in [0.05, 0.1) is 5.02 Å². The van der Waals surface area contributed by atoms with Crippen LogP contribution in [0.4, 0.5) is 0 Å². The van der Waals surface area contributed by atoms with Crippen LogP contribution in [-0.2, 0) is 10.1 Å². The summed E-state index contributed by atoms with van der Waals surface area (Å²) in [6.45, 7) is 0. The number of hydrogen-bond donors (Lipinski definition) is 1. The molecule has 0 aliphatic carbocycles. The van der Waals surface area contributed by atoms with Gasteiger partial charge in [-0.2, -0.15) is 8.42 Å². The quantitative estimate of drug-likeness (QED) is 0.423. The maximum atomic E-state index is 11.5. The summed E-state index contributed by atoms with van der Waals surface area (Å²) < 4.78 is 32.3. The van der Waals surface area contributed by atoms with Gasteiger partial charge in [0.25, 0.3) is 10.1 Å². The standard InChI is InChI=1S/C14H9ClO3S.K.H/c15-13-6-5-11-7-9-3-1-2-4-10(9)8-12(11)14(13)19(16,17)18;;/h1-8H,(H,16,17,18);;. The zero-order valence-electron chi connectivity index (χ0n) is 9.67. The van der Waals surface area contributed by atoms with Gasteiger partial charge in [-0.1, -0.05) is 41.9 Å². The second kappa shape index (κ2) is 6.02. The van der Waals surface area contributed by atoms with Crippen LogP contribution in [-0.4, -0.2) is 64.4 Å². The van der Waals surface area contributed by atoms with Crippen molar-refractivity contribution in [1.29, 1.82) is 0 Å². The monoisotopic (exact) mass is 332 g/mol. The van der Waals surface area contributed by atoms with E-state index in [9.17, 15) is 13.0 Å². The second-order valence-electron chi connectivity index (χ2n) is 4.27. The summed E-state index contributed by atoms with van der Waals surface area (Å²) in [5.74, 6) is 0. The van der Waals surface area contributed by atoms with Crippen LogP contribution in [0.25, 0.3) is 21.5 Å². The van der Waals surface area contributed by atoms with Crippen LogP contribution in [0.3, 0.4) is 0 Å². The van der Waals surface area contributed by atoms with Crippen LogP contribution >= 0.6 is 11.6 Å². The van der Waals surface area contributed by atoms with E-state index >= 15 is 0 Å². The van der Waals surface area contributed by atoms with Crippen LogP contribution in [0, 0.1) is 0 Å². The van der Waals surface area contributed by atoms with Gasteiger partial charge in [-0.25, -0.2) is 0 Å². The Balaban J connectivity index is 0.00000147. The summed E-state index contributed by atoms with van der Waals surface area (Å²) in [5, 5.41) is 3.05. The molecule has 3 aromatic rings. The maximum absolute atomic E-state index is 11.5. The molecular weight excluding hydrogens is 323 g/mol. The molecule has 3 rings (SSSR count). The minimum atomic E-state index is -4.36. The molecule has 0 aromatic heterocycles. The summed E-state index contributed by atoms with van der Waals surface area (Å²) in [6.07, 6.45) is 0. The normalized spacial score (nSPS) is 11.5. The van der Waals surface area contributed by atoms with E-state index in [1.165, 1.54) is 6.07 Å². The zero-order valence-corrected chi connectivity index (χ0v) is 11.2. The third kappa shape index (κ3) is 2.96. The van der Waals surface area contributed by atoms with Crippen molar-refractivity contribution in [2.75, 3.05) is 0 Å². The average molecular weight is 333 g/mol. The Morgan fingerprint density at radius 2 is 1.50 bits per heavy atom. The second-order valence-corrected chi connectivity index (χ2v) is 6.04. The summed E-state index contributed by atoms with van der Waals surface area (Å²) >= 11 is 5.90. The van der Waals surface area contributed by atoms with Gasteiger partial charge in [0, 0.05) is 5.39 Å². The summed E-state index contributed by atoms with van der Waals surface area (Å²) in [7, 11) is -4.36. The average Bonchev–Trinajstić information content (AvgIpc) is 2.34. The van der Waals surface area contributed by atoms with E-state index < -0.39 is 10.1 Å². The molecule has 0 atom stereocenters. The molecule has 0 unspecified atom stereocenters. The molecule has 20 heavy (non-hydrogen) atoms. The van der Waals surface area contributed by atoms with E-state index in [1.54, 1.807) is 12.1 Å². The molecule has 0 fully saturated rings. The molecular formula is C14H10ClKO3S. The Bertz CT molecular complexity index is 907. The fraction of sp³-hybridized carbons (Fsp3) is 0. The molecule has 1 N–H and O–H groups in total. The van der Waals surface area contributed by atoms with Gasteiger partial charge in [-0.15, -0.1) is 0 Å². The molecule has 0 heterocycles. The summed E-state index contributed by atoms with van der Waals surface area (Å²) in [5.41, 5.74) is 0. The number of fused-ring (bicyclic) bond motifs is 2. The Hall–Kier alpha value is 0.0164. The molecule has 3 aromatic carbocycles. The Morgan fingerprint density at radius 1 is 0.900 bits per heavy atom. The van der Waals surface area contributed by atoms with Crippen molar-refractivity contribution in [3.63, 3.8) is 0 Å². The number of rotatable bonds is 1. The molecule has 0 saturated carbocycles. The fourth-order valence-electron chi connectivity index (χ4n) is 2.22. The Morgan fingerprint density at radius 3 is 2.10 bits per heavy atom. The van der Waals surface area contributed by atoms with Gasteiger partial charge in [0.2, 0.25) is 0 Å².